The molecule has 2 rings (SSSR count). The normalized spacial score (nSPS) is 12.5. The van der Waals surface area contributed by atoms with Crippen molar-refractivity contribution in [3.8, 4) is 0 Å². The number of alkyl halides is 1. The second-order valence-corrected chi connectivity index (χ2v) is 7.57. The third kappa shape index (κ3) is 3.52. The lowest BCUT2D eigenvalue weighted by molar-refractivity contribution is 0.618. The van der Waals surface area contributed by atoms with Gasteiger partial charge in [0.2, 0.25) is 0 Å². The van der Waals surface area contributed by atoms with Crippen LogP contribution in [-0.2, 0) is 0 Å². The second kappa shape index (κ2) is 6.41. The Balaban J connectivity index is 2.52. The van der Waals surface area contributed by atoms with Gasteiger partial charge in [-0.1, -0.05) is 49.5 Å². The fourth-order valence-electron chi connectivity index (χ4n) is 1.75. The van der Waals surface area contributed by atoms with E-state index in [1.807, 2.05) is 12.1 Å². The highest BCUT2D eigenvalue weighted by Crippen LogP contribution is 2.39. The molecule has 0 saturated carbocycles. The number of aryl methyl sites for hydroxylation is 1. The van der Waals surface area contributed by atoms with Gasteiger partial charge in [0, 0.05) is 13.1 Å². The van der Waals surface area contributed by atoms with E-state index in [0.717, 1.165) is 19.2 Å². The molecule has 0 aliphatic heterocycles. The summed E-state index contributed by atoms with van der Waals surface area (Å²) < 4.78 is 15.6. The summed E-state index contributed by atoms with van der Waals surface area (Å²) in [4.78, 5) is -0.0802. The van der Waals surface area contributed by atoms with Crippen LogP contribution in [-0.4, -0.2) is 0 Å². The van der Waals surface area contributed by atoms with Gasteiger partial charge in [0.1, 0.15) is 5.82 Å². The lowest BCUT2D eigenvalue weighted by Gasteiger charge is -2.16. The van der Waals surface area contributed by atoms with E-state index in [1.54, 1.807) is 13.0 Å². The maximum atomic E-state index is 13.5. The molecular weight excluding hydrogens is 509 g/mol. The van der Waals surface area contributed by atoms with Gasteiger partial charge in [-0.15, -0.1) is 0 Å². The minimum absolute atomic E-state index is 0.0802. The molecule has 2 aromatic carbocycles. The Morgan fingerprint density at radius 2 is 1.89 bits per heavy atom. The van der Waals surface area contributed by atoms with Crippen LogP contribution in [0, 0.1) is 16.3 Å². The number of hydrogen-bond acceptors (Lipinski definition) is 0. The molecule has 0 nitrogen and oxygen atoms in total. The van der Waals surface area contributed by atoms with Gasteiger partial charge in [0.25, 0.3) is 0 Å². The molecule has 2 aromatic rings. The molecular formula is C14H9Br2ClFI. The molecule has 19 heavy (non-hydrogen) atoms. The first-order valence-corrected chi connectivity index (χ1v) is 8.61. The molecule has 1 unspecified atom stereocenters. The van der Waals surface area contributed by atoms with Crippen molar-refractivity contribution >= 4 is 66.1 Å². The largest absolute Gasteiger partial charge is 0.207 e. The summed E-state index contributed by atoms with van der Waals surface area (Å²) in [7, 11) is 0. The SMILES string of the molecule is Cc1cc(C(Br)c2cc(I)ccc2Br)c(Cl)cc1F. The van der Waals surface area contributed by atoms with E-state index in [9.17, 15) is 4.39 Å². The molecule has 0 spiro atoms. The molecule has 0 amide bonds. The van der Waals surface area contributed by atoms with E-state index in [0.29, 0.717) is 10.6 Å². The van der Waals surface area contributed by atoms with Gasteiger partial charge in [-0.2, -0.15) is 0 Å². The Hall–Kier alpha value is 0.350. The van der Waals surface area contributed by atoms with Gasteiger partial charge in [-0.05, 0) is 70.5 Å². The zero-order chi connectivity index (χ0) is 14.2. The van der Waals surface area contributed by atoms with Crippen molar-refractivity contribution in [1.29, 1.82) is 0 Å². The van der Waals surface area contributed by atoms with E-state index in [2.05, 4.69) is 60.5 Å². The fraction of sp³-hybridized carbons (Fsp3) is 0.143. The smallest absolute Gasteiger partial charge is 0.127 e. The highest BCUT2D eigenvalue weighted by atomic mass is 127. The van der Waals surface area contributed by atoms with Crippen molar-refractivity contribution in [2.24, 2.45) is 0 Å². The zero-order valence-electron chi connectivity index (χ0n) is 9.85. The average molecular weight is 518 g/mol. The van der Waals surface area contributed by atoms with Gasteiger partial charge >= 0.3 is 0 Å². The molecule has 0 saturated heterocycles. The first-order chi connectivity index (χ1) is 8.90. The Morgan fingerprint density at radius 3 is 2.58 bits per heavy atom. The number of halogens is 5. The van der Waals surface area contributed by atoms with Crippen LogP contribution in [0.15, 0.2) is 34.8 Å². The van der Waals surface area contributed by atoms with E-state index in [-0.39, 0.29) is 10.6 Å². The van der Waals surface area contributed by atoms with Crippen LogP contribution in [0.25, 0.3) is 0 Å². The van der Waals surface area contributed by atoms with E-state index >= 15 is 0 Å². The van der Waals surface area contributed by atoms with Crippen molar-refractivity contribution in [1.82, 2.24) is 0 Å². The van der Waals surface area contributed by atoms with Crippen molar-refractivity contribution in [2.45, 2.75) is 11.8 Å². The maximum Gasteiger partial charge on any atom is 0.127 e. The molecule has 0 heterocycles. The molecule has 0 radical (unpaired) electrons. The van der Waals surface area contributed by atoms with E-state index in [1.165, 1.54) is 6.07 Å². The second-order valence-electron chi connectivity index (χ2n) is 4.15. The predicted molar refractivity (Wildman–Crippen MR) is 93.8 cm³/mol. The molecule has 5 heteroatoms. The van der Waals surface area contributed by atoms with Gasteiger partial charge in [0.15, 0.2) is 0 Å². The standard InChI is InChI=1S/C14H9Br2ClFI/c1-7-4-10(12(17)6-13(7)18)14(16)9-5-8(19)2-3-11(9)15/h2-6,14H,1H3. The average Bonchev–Trinajstić information content (AvgIpc) is 2.36. The summed E-state index contributed by atoms with van der Waals surface area (Å²) in [6, 6.07) is 9.23. The predicted octanol–water partition coefficient (Wildman–Crippen LogP) is 6.64. The number of benzene rings is 2. The minimum atomic E-state index is -0.282. The molecule has 1 atom stereocenters. The van der Waals surface area contributed by atoms with Gasteiger partial charge < -0.3 is 0 Å². The van der Waals surface area contributed by atoms with E-state index < -0.39 is 0 Å². The van der Waals surface area contributed by atoms with Gasteiger partial charge in [-0.3, -0.25) is 0 Å². The molecule has 0 aromatic heterocycles. The topological polar surface area (TPSA) is 0 Å². The molecule has 0 bridgehead atoms. The van der Waals surface area contributed by atoms with Crippen molar-refractivity contribution in [3.63, 3.8) is 0 Å². The van der Waals surface area contributed by atoms with Crippen LogP contribution in [0.2, 0.25) is 5.02 Å². The molecule has 0 fully saturated rings. The molecule has 100 valence electrons. The zero-order valence-corrected chi connectivity index (χ0v) is 15.9. The number of rotatable bonds is 2. The summed E-state index contributed by atoms with van der Waals surface area (Å²) in [5, 5.41) is 0.427. The van der Waals surface area contributed by atoms with Crippen molar-refractivity contribution in [3.05, 3.63) is 65.9 Å². The Kier molecular flexibility index (Phi) is 5.31. The number of hydrogen-bond donors (Lipinski definition) is 0. The van der Waals surface area contributed by atoms with Gasteiger partial charge in [-0.25, -0.2) is 4.39 Å². The lowest BCUT2D eigenvalue weighted by atomic mass is 10.0. The van der Waals surface area contributed by atoms with Crippen LogP contribution in [0.1, 0.15) is 21.5 Å². The summed E-state index contributed by atoms with van der Waals surface area (Å²) in [6.07, 6.45) is 0. The quantitative estimate of drug-likeness (QED) is 0.309. The first kappa shape index (κ1) is 15.7. The molecule has 0 aliphatic carbocycles. The Labute approximate surface area is 147 Å². The summed E-state index contributed by atoms with van der Waals surface area (Å²) >= 11 is 15.6. The fourth-order valence-corrected chi connectivity index (χ4v) is 4.20. The van der Waals surface area contributed by atoms with Crippen LogP contribution in [0.3, 0.4) is 0 Å². The third-order valence-electron chi connectivity index (χ3n) is 2.78. The van der Waals surface area contributed by atoms with Crippen LogP contribution in [0.5, 0.6) is 0 Å². The van der Waals surface area contributed by atoms with Crippen molar-refractivity contribution in [2.75, 3.05) is 0 Å². The highest BCUT2D eigenvalue weighted by Gasteiger charge is 2.18. The first-order valence-electron chi connectivity index (χ1n) is 5.44. The van der Waals surface area contributed by atoms with Gasteiger partial charge in [0.05, 0.1) is 4.83 Å². The lowest BCUT2D eigenvalue weighted by Crippen LogP contribution is -1.98. The summed E-state index contributed by atoms with van der Waals surface area (Å²) in [6.45, 7) is 1.73. The highest BCUT2D eigenvalue weighted by molar-refractivity contribution is 14.1. The summed E-state index contributed by atoms with van der Waals surface area (Å²) in [5.41, 5.74) is 2.52. The molecule has 0 N–H and O–H groups in total. The monoisotopic (exact) mass is 516 g/mol. The molecule has 0 aliphatic rings. The van der Waals surface area contributed by atoms with Crippen molar-refractivity contribution < 1.29 is 4.39 Å². The van der Waals surface area contributed by atoms with Crippen LogP contribution < -0.4 is 0 Å². The van der Waals surface area contributed by atoms with Crippen LogP contribution in [0.4, 0.5) is 4.39 Å². The Morgan fingerprint density at radius 1 is 1.21 bits per heavy atom. The van der Waals surface area contributed by atoms with Crippen LogP contribution >= 0.6 is 66.1 Å². The summed E-state index contributed by atoms with van der Waals surface area (Å²) in [5.74, 6) is -0.282. The van der Waals surface area contributed by atoms with E-state index in [4.69, 9.17) is 11.6 Å². The third-order valence-corrected chi connectivity index (χ3v) is 5.49. The maximum absolute atomic E-state index is 13.5. The minimum Gasteiger partial charge on any atom is -0.207 e. The Bertz CT molecular complexity index is 631.